The molecule has 2 N–H and O–H groups in total. The average molecular weight is 271 g/mol. The highest BCUT2D eigenvalue weighted by molar-refractivity contribution is 5.99. The Bertz CT molecular complexity index is 506. The summed E-state index contributed by atoms with van der Waals surface area (Å²) in [6.45, 7) is 2.43. The number of nitrogens with one attached hydrogen (secondary N) is 1. The molecule has 106 valence electrons. The number of ether oxygens (including phenoxy) is 1. The molecule has 0 aliphatic heterocycles. The molecule has 0 aliphatic rings. The van der Waals surface area contributed by atoms with Crippen molar-refractivity contribution in [3.63, 3.8) is 0 Å². The fourth-order valence-corrected chi connectivity index (χ4v) is 1.70. The van der Waals surface area contributed by atoms with E-state index in [-0.39, 0.29) is 0 Å². The van der Waals surface area contributed by atoms with Gasteiger partial charge < -0.3 is 15.3 Å². The largest absolute Gasteiger partial charge is 0.487 e. The van der Waals surface area contributed by atoms with E-state index < -0.39 is 0 Å². The number of aryl methyl sites for hydroxylation is 1. The molecule has 0 spiro atoms. The van der Waals surface area contributed by atoms with E-state index in [1.807, 2.05) is 42.5 Å². The van der Waals surface area contributed by atoms with Crippen molar-refractivity contribution < 1.29 is 9.84 Å². The lowest BCUT2D eigenvalue weighted by molar-refractivity contribution is 0.376. The molecule has 0 amide bonds. The van der Waals surface area contributed by atoms with Gasteiger partial charge in [-0.05, 0) is 29.7 Å². The molecule has 0 saturated heterocycles. The Labute approximate surface area is 120 Å². The number of aliphatic hydroxyl groups excluding tert-OH is 1. The Morgan fingerprint density at radius 2 is 1.60 bits per heavy atom. The van der Waals surface area contributed by atoms with Crippen molar-refractivity contribution in [3.05, 3.63) is 65.7 Å². The SMILES string of the molecule is CCc1ccc(OCC(=N)c2ccccc2)cc1.CO. The van der Waals surface area contributed by atoms with Gasteiger partial charge in [0.2, 0.25) is 0 Å². The summed E-state index contributed by atoms with van der Waals surface area (Å²) in [5.74, 6) is 0.813. The Balaban J connectivity index is 0.000000956. The van der Waals surface area contributed by atoms with Gasteiger partial charge in [0.15, 0.2) is 0 Å². The summed E-state index contributed by atoms with van der Waals surface area (Å²) < 4.78 is 5.60. The van der Waals surface area contributed by atoms with Crippen LogP contribution in [0.1, 0.15) is 18.1 Å². The quantitative estimate of drug-likeness (QED) is 0.820. The molecular weight excluding hydrogens is 250 g/mol. The Morgan fingerprint density at radius 3 is 2.15 bits per heavy atom. The minimum Gasteiger partial charge on any atom is -0.487 e. The maximum absolute atomic E-state index is 7.93. The Morgan fingerprint density at radius 1 is 1.00 bits per heavy atom. The summed E-state index contributed by atoms with van der Waals surface area (Å²) >= 11 is 0. The predicted octanol–water partition coefficient (Wildman–Crippen LogP) is 3.30. The lowest BCUT2D eigenvalue weighted by atomic mass is 10.1. The first-order valence-electron chi connectivity index (χ1n) is 6.59. The molecule has 20 heavy (non-hydrogen) atoms. The second-order valence-electron chi connectivity index (χ2n) is 4.13. The molecule has 0 saturated carbocycles. The average Bonchev–Trinajstić information content (AvgIpc) is 2.55. The van der Waals surface area contributed by atoms with Crippen molar-refractivity contribution >= 4 is 5.71 Å². The van der Waals surface area contributed by atoms with Gasteiger partial charge in [-0.25, -0.2) is 0 Å². The Kier molecular flexibility index (Phi) is 7.07. The number of rotatable bonds is 5. The number of benzene rings is 2. The van der Waals surface area contributed by atoms with E-state index in [0.29, 0.717) is 12.3 Å². The third kappa shape index (κ3) is 4.86. The van der Waals surface area contributed by atoms with Crippen LogP contribution >= 0.6 is 0 Å². The van der Waals surface area contributed by atoms with Crippen molar-refractivity contribution in [3.8, 4) is 5.75 Å². The highest BCUT2D eigenvalue weighted by Gasteiger charge is 2.01. The second kappa shape index (κ2) is 8.88. The fourth-order valence-electron chi connectivity index (χ4n) is 1.70. The maximum Gasteiger partial charge on any atom is 0.130 e. The van der Waals surface area contributed by atoms with Crippen molar-refractivity contribution in [2.45, 2.75) is 13.3 Å². The van der Waals surface area contributed by atoms with E-state index in [9.17, 15) is 0 Å². The maximum atomic E-state index is 7.93. The summed E-state index contributed by atoms with van der Waals surface area (Å²) in [4.78, 5) is 0. The van der Waals surface area contributed by atoms with Crippen molar-refractivity contribution in [2.24, 2.45) is 0 Å². The van der Waals surface area contributed by atoms with Crippen LogP contribution in [0, 0.1) is 5.41 Å². The molecule has 0 atom stereocenters. The lowest BCUT2D eigenvalue weighted by Crippen LogP contribution is -2.11. The van der Waals surface area contributed by atoms with Gasteiger partial charge in [-0.2, -0.15) is 0 Å². The number of hydrogen-bond acceptors (Lipinski definition) is 3. The van der Waals surface area contributed by atoms with E-state index >= 15 is 0 Å². The Hall–Kier alpha value is -2.13. The van der Waals surface area contributed by atoms with Crippen LogP contribution < -0.4 is 4.74 Å². The molecular formula is C17H21NO2. The molecule has 0 fully saturated rings. The fraction of sp³-hybridized carbons (Fsp3) is 0.235. The summed E-state index contributed by atoms with van der Waals surface area (Å²) in [6.07, 6.45) is 1.03. The third-order valence-electron chi connectivity index (χ3n) is 2.84. The summed E-state index contributed by atoms with van der Waals surface area (Å²) in [5.41, 5.74) is 2.69. The third-order valence-corrected chi connectivity index (χ3v) is 2.84. The van der Waals surface area contributed by atoms with Crippen LogP contribution in [-0.2, 0) is 6.42 Å². The second-order valence-corrected chi connectivity index (χ2v) is 4.13. The topological polar surface area (TPSA) is 53.3 Å². The zero-order valence-electron chi connectivity index (χ0n) is 12.0. The first kappa shape index (κ1) is 15.9. The molecule has 2 rings (SSSR count). The minimum atomic E-state index is 0.301. The van der Waals surface area contributed by atoms with Gasteiger partial charge in [0.1, 0.15) is 12.4 Å². The van der Waals surface area contributed by atoms with Crippen molar-refractivity contribution in [2.75, 3.05) is 13.7 Å². The molecule has 2 aromatic rings. The van der Waals surface area contributed by atoms with Gasteiger partial charge in [0.05, 0.1) is 5.71 Å². The van der Waals surface area contributed by atoms with Gasteiger partial charge >= 0.3 is 0 Å². The monoisotopic (exact) mass is 271 g/mol. The van der Waals surface area contributed by atoms with Crippen LogP contribution in [0.4, 0.5) is 0 Å². The van der Waals surface area contributed by atoms with E-state index in [0.717, 1.165) is 24.8 Å². The first-order valence-corrected chi connectivity index (χ1v) is 6.59. The molecule has 0 heterocycles. The summed E-state index contributed by atoms with van der Waals surface area (Å²) in [6, 6.07) is 17.7. The zero-order chi connectivity index (χ0) is 14.8. The zero-order valence-corrected chi connectivity index (χ0v) is 12.0. The molecule has 3 nitrogen and oxygen atoms in total. The van der Waals surface area contributed by atoms with Gasteiger partial charge in [0.25, 0.3) is 0 Å². The van der Waals surface area contributed by atoms with Gasteiger partial charge in [0, 0.05) is 7.11 Å². The smallest absolute Gasteiger partial charge is 0.130 e. The number of hydrogen-bond donors (Lipinski definition) is 2. The van der Waals surface area contributed by atoms with Crippen molar-refractivity contribution in [1.82, 2.24) is 0 Å². The molecule has 0 unspecified atom stereocenters. The van der Waals surface area contributed by atoms with E-state index in [2.05, 4.69) is 19.1 Å². The highest BCUT2D eigenvalue weighted by Crippen LogP contribution is 2.13. The van der Waals surface area contributed by atoms with Crippen molar-refractivity contribution in [1.29, 1.82) is 5.41 Å². The van der Waals surface area contributed by atoms with Crippen LogP contribution in [0.5, 0.6) is 5.75 Å². The van der Waals surface area contributed by atoms with Crippen LogP contribution in [0.25, 0.3) is 0 Å². The predicted molar refractivity (Wildman–Crippen MR) is 82.7 cm³/mol. The van der Waals surface area contributed by atoms with Crippen LogP contribution in [0.2, 0.25) is 0 Å². The van der Waals surface area contributed by atoms with E-state index in [1.54, 1.807) is 0 Å². The number of aliphatic hydroxyl groups is 1. The molecule has 0 radical (unpaired) electrons. The van der Waals surface area contributed by atoms with Gasteiger partial charge in [-0.15, -0.1) is 0 Å². The van der Waals surface area contributed by atoms with Crippen LogP contribution in [-0.4, -0.2) is 24.5 Å². The standard InChI is InChI=1S/C16H17NO.CH4O/c1-2-13-8-10-15(11-9-13)18-12-16(17)14-6-4-3-5-7-14;1-2/h3-11,17H,2,12H2,1H3;2H,1H3. The first-order chi connectivity index (χ1) is 9.79. The summed E-state index contributed by atoms with van der Waals surface area (Å²) in [7, 11) is 1.00. The van der Waals surface area contributed by atoms with Crippen LogP contribution in [0.15, 0.2) is 54.6 Å². The van der Waals surface area contributed by atoms with Crippen LogP contribution in [0.3, 0.4) is 0 Å². The highest BCUT2D eigenvalue weighted by atomic mass is 16.5. The molecule has 0 aliphatic carbocycles. The van der Waals surface area contributed by atoms with Gasteiger partial charge in [-0.1, -0.05) is 49.4 Å². The van der Waals surface area contributed by atoms with Gasteiger partial charge in [-0.3, -0.25) is 0 Å². The molecule has 0 aromatic heterocycles. The molecule has 3 heteroatoms. The summed E-state index contributed by atoms with van der Waals surface area (Å²) in [5, 5.41) is 14.9. The molecule has 2 aromatic carbocycles. The minimum absolute atomic E-state index is 0.301. The van der Waals surface area contributed by atoms with E-state index in [1.165, 1.54) is 5.56 Å². The van der Waals surface area contributed by atoms with E-state index in [4.69, 9.17) is 15.3 Å². The lowest BCUT2D eigenvalue weighted by Gasteiger charge is -2.08. The normalized spacial score (nSPS) is 9.35. The molecule has 0 bridgehead atoms.